The highest BCUT2D eigenvalue weighted by atomic mass is 79.9. The van der Waals surface area contributed by atoms with Crippen molar-refractivity contribution in [3.63, 3.8) is 0 Å². The standard InChI is InChI=1S/C10H13BrO2/c1-8-3-9(6-11)5-10(4-8)13-7-12-2/h3-5H,6-7H2,1-2H3. The molecule has 0 spiro atoms. The molecule has 0 saturated heterocycles. The third-order valence-corrected chi connectivity index (χ3v) is 2.26. The Morgan fingerprint density at radius 2 is 2.08 bits per heavy atom. The van der Waals surface area contributed by atoms with Gasteiger partial charge < -0.3 is 9.47 Å². The number of methoxy groups -OCH3 is 1. The largest absolute Gasteiger partial charge is 0.468 e. The Bertz CT molecular complexity index is 274. The summed E-state index contributed by atoms with van der Waals surface area (Å²) < 4.78 is 10.2. The van der Waals surface area contributed by atoms with Crippen LogP contribution in [0, 0.1) is 6.92 Å². The normalized spacial score (nSPS) is 10.1. The molecular formula is C10H13BrO2. The van der Waals surface area contributed by atoms with Crippen LogP contribution in [0.2, 0.25) is 0 Å². The van der Waals surface area contributed by atoms with Crippen LogP contribution >= 0.6 is 15.9 Å². The molecular weight excluding hydrogens is 232 g/mol. The van der Waals surface area contributed by atoms with Gasteiger partial charge in [0.25, 0.3) is 0 Å². The molecule has 13 heavy (non-hydrogen) atoms. The fourth-order valence-corrected chi connectivity index (χ4v) is 1.44. The SMILES string of the molecule is COCOc1cc(C)cc(CBr)c1. The van der Waals surface area contributed by atoms with E-state index >= 15 is 0 Å². The number of ether oxygens (including phenoxy) is 2. The van der Waals surface area contributed by atoms with Gasteiger partial charge in [-0.15, -0.1) is 0 Å². The van der Waals surface area contributed by atoms with Crippen LogP contribution in [0.5, 0.6) is 5.75 Å². The van der Waals surface area contributed by atoms with Gasteiger partial charge in [-0.05, 0) is 30.2 Å². The third kappa shape index (κ3) is 3.36. The van der Waals surface area contributed by atoms with Crippen LogP contribution in [0.1, 0.15) is 11.1 Å². The van der Waals surface area contributed by atoms with Crippen molar-refractivity contribution in [3.8, 4) is 5.75 Å². The highest BCUT2D eigenvalue weighted by Gasteiger charge is 1.97. The molecule has 72 valence electrons. The minimum atomic E-state index is 0.297. The fourth-order valence-electron chi connectivity index (χ4n) is 1.11. The zero-order valence-corrected chi connectivity index (χ0v) is 9.43. The van der Waals surface area contributed by atoms with Crippen molar-refractivity contribution in [2.45, 2.75) is 12.3 Å². The Kier molecular flexibility index (Phi) is 4.25. The lowest BCUT2D eigenvalue weighted by molar-refractivity contribution is 0.0510. The first-order chi connectivity index (χ1) is 6.26. The second kappa shape index (κ2) is 5.25. The van der Waals surface area contributed by atoms with Crippen molar-refractivity contribution in [3.05, 3.63) is 29.3 Å². The first-order valence-electron chi connectivity index (χ1n) is 4.04. The molecule has 1 aromatic rings. The van der Waals surface area contributed by atoms with Crippen molar-refractivity contribution in [1.29, 1.82) is 0 Å². The van der Waals surface area contributed by atoms with Crippen molar-refractivity contribution in [2.75, 3.05) is 13.9 Å². The predicted octanol–water partition coefficient (Wildman–Crippen LogP) is 2.87. The quantitative estimate of drug-likeness (QED) is 0.599. The fraction of sp³-hybridized carbons (Fsp3) is 0.400. The van der Waals surface area contributed by atoms with E-state index in [1.807, 2.05) is 19.1 Å². The van der Waals surface area contributed by atoms with E-state index in [2.05, 4.69) is 22.0 Å². The van der Waals surface area contributed by atoms with Crippen LogP contribution < -0.4 is 4.74 Å². The number of aryl methyl sites for hydroxylation is 1. The molecule has 0 fully saturated rings. The van der Waals surface area contributed by atoms with Crippen LogP contribution in [-0.2, 0) is 10.1 Å². The second-order valence-electron chi connectivity index (χ2n) is 2.84. The van der Waals surface area contributed by atoms with Gasteiger partial charge in [-0.1, -0.05) is 22.0 Å². The average Bonchev–Trinajstić information content (AvgIpc) is 2.14. The number of rotatable bonds is 4. The molecule has 0 N–H and O–H groups in total. The lowest BCUT2D eigenvalue weighted by atomic mass is 10.1. The summed E-state index contributed by atoms with van der Waals surface area (Å²) in [5.74, 6) is 0.858. The molecule has 0 heterocycles. The van der Waals surface area contributed by atoms with Crippen LogP contribution in [-0.4, -0.2) is 13.9 Å². The lowest BCUT2D eigenvalue weighted by Crippen LogP contribution is -1.99. The molecule has 0 saturated carbocycles. The van der Waals surface area contributed by atoms with E-state index in [9.17, 15) is 0 Å². The number of alkyl halides is 1. The summed E-state index contributed by atoms with van der Waals surface area (Å²) in [6, 6.07) is 6.11. The molecule has 0 aromatic heterocycles. The van der Waals surface area contributed by atoms with Crippen molar-refractivity contribution < 1.29 is 9.47 Å². The van der Waals surface area contributed by atoms with E-state index in [4.69, 9.17) is 9.47 Å². The van der Waals surface area contributed by atoms with Crippen LogP contribution in [0.4, 0.5) is 0 Å². The molecule has 1 rings (SSSR count). The van der Waals surface area contributed by atoms with E-state index in [0.717, 1.165) is 11.1 Å². The zero-order valence-electron chi connectivity index (χ0n) is 7.84. The van der Waals surface area contributed by atoms with Gasteiger partial charge in [0.05, 0.1) is 0 Å². The molecule has 0 radical (unpaired) electrons. The molecule has 0 aliphatic heterocycles. The molecule has 1 aromatic carbocycles. The maximum Gasteiger partial charge on any atom is 0.188 e. The Labute approximate surface area is 87.0 Å². The topological polar surface area (TPSA) is 18.5 Å². The summed E-state index contributed by atoms with van der Waals surface area (Å²) in [6.07, 6.45) is 0. The van der Waals surface area contributed by atoms with Crippen LogP contribution in [0.3, 0.4) is 0 Å². The highest BCUT2D eigenvalue weighted by molar-refractivity contribution is 9.08. The van der Waals surface area contributed by atoms with Crippen molar-refractivity contribution in [1.82, 2.24) is 0 Å². The van der Waals surface area contributed by atoms with E-state index in [-0.39, 0.29) is 0 Å². The number of hydrogen-bond acceptors (Lipinski definition) is 2. The summed E-state index contributed by atoms with van der Waals surface area (Å²) in [5, 5.41) is 0.845. The minimum absolute atomic E-state index is 0.297. The van der Waals surface area contributed by atoms with Gasteiger partial charge in [0.1, 0.15) is 5.75 Å². The number of halogens is 1. The summed E-state index contributed by atoms with van der Waals surface area (Å²) in [7, 11) is 1.61. The molecule has 0 bridgehead atoms. The van der Waals surface area contributed by atoms with Gasteiger partial charge in [-0.25, -0.2) is 0 Å². The van der Waals surface area contributed by atoms with Crippen molar-refractivity contribution in [2.24, 2.45) is 0 Å². The van der Waals surface area contributed by atoms with E-state index < -0.39 is 0 Å². The monoisotopic (exact) mass is 244 g/mol. The zero-order chi connectivity index (χ0) is 9.68. The molecule has 0 amide bonds. The highest BCUT2D eigenvalue weighted by Crippen LogP contribution is 2.18. The molecule has 0 atom stereocenters. The maximum atomic E-state index is 5.34. The lowest BCUT2D eigenvalue weighted by Gasteiger charge is -2.07. The Morgan fingerprint density at radius 3 is 2.69 bits per heavy atom. The first-order valence-corrected chi connectivity index (χ1v) is 5.16. The second-order valence-corrected chi connectivity index (χ2v) is 3.40. The van der Waals surface area contributed by atoms with E-state index in [0.29, 0.717) is 6.79 Å². The van der Waals surface area contributed by atoms with Gasteiger partial charge in [0.2, 0.25) is 0 Å². The van der Waals surface area contributed by atoms with Gasteiger partial charge in [0, 0.05) is 12.4 Å². The summed E-state index contributed by atoms with van der Waals surface area (Å²) >= 11 is 3.41. The minimum Gasteiger partial charge on any atom is -0.468 e. The van der Waals surface area contributed by atoms with Crippen LogP contribution in [0.15, 0.2) is 18.2 Å². The smallest absolute Gasteiger partial charge is 0.188 e. The van der Waals surface area contributed by atoms with Gasteiger partial charge in [-0.3, -0.25) is 0 Å². The number of benzene rings is 1. The van der Waals surface area contributed by atoms with Crippen molar-refractivity contribution >= 4 is 15.9 Å². The first kappa shape index (κ1) is 10.5. The Hall–Kier alpha value is -0.540. The molecule has 0 unspecified atom stereocenters. The van der Waals surface area contributed by atoms with Gasteiger partial charge in [0.15, 0.2) is 6.79 Å². The maximum absolute atomic E-state index is 5.34. The molecule has 0 aliphatic rings. The molecule has 0 aliphatic carbocycles. The Morgan fingerprint density at radius 1 is 1.31 bits per heavy atom. The summed E-state index contributed by atoms with van der Waals surface area (Å²) in [5.41, 5.74) is 2.41. The summed E-state index contributed by atoms with van der Waals surface area (Å²) in [4.78, 5) is 0. The van der Waals surface area contributed by atoms with E-state index in [1.54, 1.807) is 7.11 Å². The van der Waals surface area contributed by atoms with Gasteiger partial charge in [-0.2, -0.15) is 0 Å². The summed E-state index contributed by atoms with van der Waals surface area (Å²) in [6.45, 7) is 2.34. The third-order valence-electron chi connectivity index (χ3n) is 1.61. The van der Waals surface area contributed by atoms with E-state index in [1.165, 1.54) is 11.1 Å². The average molecular weight is 245 g/mol. The van der Waals surface area contributed by atoms with Gasteiger partial charge >= 0.3 is 0 Å². The van der Waals surface area contributed by atoms with Crippen LogP contribution in [0.25, 0.3) is 0 Å². The Balaban J connectivity index is 2.76. The molecule has 3 heteroatoms. The molecule has 2 nitrogen and oxygen atoms in total. The predicted molar refractivity (Wildman–Crippen MR) is 56.3 cm³/mol. The number of hydrogen-bond donors (Lipinski definition) is 0.